The zero-order valence-electron chi connectivity index (χ0n) is 11.4. The summed E-state index contributed by atoms with van der Waals surface area (Å²) in [6, 6.07) is 6.31. The van der Waals surface area contributed by atoms with Crippen molar-refractivity contribution < 1.29 is 4.43 Å². The van der Waals surface area contributed by atoms with Crippen molar-refractivity contribution in [3.8, 4) is 0 Å². The highest BCUT2D eigenvalue weighted by atomic mass is 28.4. The van der Waals surface area contributed by atoms with Crippen LogP contribution in [0.5, 0.6) is 0 Å². The van der Waals surface area contributed by atoms with Crippen molar-refractivity contribution in [2.45, 2.75) is 33.5 Å². The molecule has 0 bridgehead atoms. The standard InChI is InChI=1S/C14H21NOSi/c1-11-7-8-12(2)14(9-11)10-15-13(3)16-17(4,5)6/h7-10H,3H2,1-2,4-6H3/b15-10+. The maximum absolute atomic E-state index is 5.68. The van der Waals surface area contributed by atoms with E-state index in [0.717, 1.165) is 5.56 Å². The summed E-state index contributed by atoms with van der Waals surface area (Å²) in [6.45, 7) is 14.3. The first-order valence-corrected chi connectivity index (χ1v) is 9.18. The topological polar surface area (TPSA) is 21.6 Å². The van der Waals surface area contributed by atoms with E-state index in [1.165, 1.54) is 11.1 Å². The van der Waals surface area contributed by atoms with Crippen LogP contribution in [0.1, 0.15) is 16.7 Å². The first-order valence-electron chi connectivity index (χ1n) is 5.77. The Morgan fingerprint density at radius 1 is 1.29 bits per heavy atom. The summed E-state index contributed by atoms with van der Waals surface area (Å²) in [5.41, 5.74) is 3.55. The molecule has 0 heterocycles. The molecule has 0 saturated carbocycles. The molecule has 0 amide bonds. The number of hydrogen-bond acceptors (Lipinski definition) is 2. The number of benzene rings is 1. The molecule has 0 aliphatic rings. The highest BCUT2D eigenvalue weighted by molar-refractivity contribution is 6.70. The fourth-order valence-electron chi connectivity index (χ4n) is 1.42. The lowest BCUT2D eigenvalue weighted by Crippen LogP contribution is -2.24. The van der Waals surface area contributed by atoms with Crippen LogP contribution in [0.3, 0.4) is 0 Å². The SMILES string of the molecule is C=C(/N=C/c1cc(C)ccc1C)O[Si](C)(C)C. The smallest absolute Gasteiger partial charge is 0.244 e. The minimum absolute atomic E-state index is 0.505. The first kappa shape index (κ1) is 13.7. The molecule has 1 aromatic rings. The van der Waals surface area contributed by atoms with Gasteiger partial charge in [0, 0.05) is 6.21 Å². The summed E-state index contributed by atoms with van der Waals surface area (Å²) in [4.78, 5) is 4.27. The lowest BCUT2D eigenvalue weighted by molar-refractivity contribution is 0.421. The Morgan fingerprint density at radius 2 is 1.94 bits per heavy atom. The number of aliphatic imine (C=N–C) groups is 1. The van der Waals surface area contributed by atoms with E-state index < -0.39 is 8.32 Å². The average molecular weight is 247 g/mol. The van der Waals surface area contributed by atoms with Gasteiger partial charge >= 0.3 is 0 Å². The van der Waals surface area contributed by atoms with Gasteiger partial charge in [0.25, 0.3) is 0 Å². The van der Waals surface area contributed by atoms with Crippen molar-refractivity contribution in [3.63, 3.8) is 0 Å². The van der Waals surface area contributed by atoms with Crippen molar-refractivity contribution in [3.05, 3.63) is 47.4 Å². The molecular weight excluding hydrogens is 226 g/mol. The van der Waals surface area contributed by atoms with Crippen LogP contribution in [0.2, 0.25) is 19.6 Å². The second-order valence-corrected chi connectivity index (χ2v) is 9.66. The molecule has 0 radical (unpaired) electrons. The normalized spacial score (nSPS) is 11.8. The largest absolute Gasteiger partial charge is 0.532 e. The monoisotopic (exact) mass is 247 g/mol. The number of nitrogens with zero attached hydrogens (tertiary/aromatic N) is 1. The van der Waals surface area contributed by atoms with E-state index in [9.17, 15) is 0 Å². The molecule has 0 saturated heterocycles. The van der Waals surface area contributed by atoms with Crippen molar-refractivity contribution in [2.24, 2.45) is 4.99 Å². The number of hydrogen-bond donors (Lipinski definition) is 0. The van der Waals surface area contributed by atoms with E-state index >= 15 is 0 Å². The van der Waals surface area contributed by atoms with E-state index in [-0.39, 0.29) is 0 Å². The fraction of sp³-hybridized carbons (Fsp3) is 0.357. The van der Waals surface area contributed by atoms with Gasteiger partial charge in [0.2, 0.25) is 8.32 Å². The summed E-state index contributed by atoms with van der Waals surface area (Å²) < 4.78 is 5.68. The Morgan fingerprint density at radius 3 is 2.53 bits per heavy atom. The molecule has 0 aliphatic heterocycles. The molecule has 0 aromatic heterocycles. The third-order valence-corrected chi connectivity index (χ3v) is 3.05. The van der Waals surface area contributed by atoms with Crippen molar-refractivity contribution in [1.82, 2.24) is 0 Å². The molecule has 3 heteroatoms. The van der Waals surface area contributed by atoms with Crippen LogP contribution in [-0.4, -0.2) is 14.5 Å². The maximum Gasteiger partial charge on any atom is 0.244 e. The van der Waals surface area contributed by atoms with Gasteiger partial charge in [-0.15, -0.1) is 0 Å². The van der Waals surface area contributed by atoms with E-state index in [2.05, 4.69) is 63.3 Å². The third-order valence-electron chi connectivity index (χ3n) is 2.21. The van der Waals surface area contributed by atoms with Gasteiger partial charge in [-0.1, -0.05) is 23.8 Å². The molecule has 1 rings (SSSR count). The van der Waals surface area contributed by atoms with Crippen LogP contribution in [0.25, 0.3) is 0 Å². The Balaban J connectivity index is 2.77. The zero-order chi connectivity index (χ0) is 13.1. The molecule has 0 spiro atoms. The minimum Gasteiger partial charge on any atom is -0.532 e. The number of rotatable bonds is 4. The Labute approximate surface area is 105 Å². The predicted octanol–water partition coefficient (Wildman–Crippen LogP) is 4.05. The lowest BCUT2D eigenvalue weighted by Gasteiger charge is -2.18. The molecule has 17 heavy (non-hydrogen) atoms. The number of aryl methyl sites for hydroxylation is 2. The minimum atomic E-state index is -1.60. The highest BCUT2D eigenvalue weighted by Crippen LogP contribution is 2.12. The summed E-state index contributed by atoms with van der Waals surface area (Å²) >= 11 is 0. The van der Waals surface area contributed by atoms with Crippen LogP contribution >= 0.6 is 0 Å². The Bertz CT molecular complexity index is 444. The van der Waals surface area contributed by atoms with Crippen LogP contribution in [-0.2, 0) is 4.43 Å². The van der Waals surface area contributed by atoms with Crippen molar-refractivity contribution in [2.75, 3.05) is 0 Å². The molecule has 0 N–H and O–H groups in total. The van der Waals surface area contributed by atoms with Gasteiger partial charge in [0.15, 0.2) is 5.88 Å². The van der Waals surface area contributed by atoms with Crippen LogP contribution in [0.15, 0.2) is 35.7 Å². The quantitative estimate of drug-likeness (QED) is 0.447. The predicted molar refractivity (Wildman–Crippen MR) is 77.1 cm³/mol. The zero-order valence-corrected chi connectivity index (χ0v) is 12.4. The Kier molecular flexibility index (Phi) is 4.29. The maximum atomic E-state index is 5.68. The molecule has 2 nitrogen and oxygen atoms in total. The average Bonchev–Trinajstić information content (AvgIpc) is 2.17. The van der Waals surface area contributed by atoms with Crippen LogP contribution in [0.4, 0.5) is 0 Å². The molecular formula is C14H21NOSi. The first-order chi connectivity index (χ1) is 7.78. The summed E-state index contributed by atoms with van der Waals surface area (Å²) in [5, 5.41) is 0. The molecule has 0 unspecified atom stereocenters. The van der Waals surface area contributed by atoms with Gasteiger partial charge in [-0.25, -0.2) is 4.99 Å². The van der Waals surface area contributed by atoms with Crippen LogP contribution < -0.4 is 0 Å². The van der Waals surface area contributed by atoms with Gasteiger partial charge in [-0.05, 0) is 51.2 Å². The molecule has 0 aliphatic carbocycles. The van der Waals surface area contributed by atoms with Gasteiger partial charge < -0.3 is 4.43 Å². The molecule has 92 valence electrons. The van der Waals surface area contributed by atoms with Gasteiger partial charge in [-0.2, -0.15) is 0 Å². The van der Waals surface area contributed by atoms with Gasteiger partial charge in [-0.3, -0.25) is 0 Å². The Hall–Kier alpha value is -1.35. The van der Waals surface area contributed by atoms with Crippen molar-refractivity contribution in [1.29, 1.82) is 0 Å². The van der Waals surface area contributed by atoms with E-state index in [4.69, 9.17) is 4.43 Å². The van der Waals surface area contributed by atoms with Gasteiger partial charge in [0.05, 0.1) is 0 Å². The third kappa shape index (κ3) is 5.00. The summed E-state index contributed by atoms with van der Waals surface area (Å²) in [5.74, 6) is 0.505. The second-order valence-electron chi connectivity index (χ2n) is 5.23. The molecule has 0 atom stereocenters. The summed E-state index contributed by atoms with van der Waals surface area (Å²) in [6.07, 6.45) is 1.82. The highest BCUT2D eigenvalue weighted by Gasteiger charge is 2.16. The second kappa shape index (κ2) is 5.32. The van der Waals surface area contributed by atoms with E-state index in [1.807, 2.05) is 6.21 Å². The lowest BCUT2D eigenvalue weighted by atomic mass is 10.1. The molecule has 1 aromatic carbocycles. The van der Waals surface area contributed by atoms with Crippen molar-refractivity contribution >= 4 is 14.5 Å². The fourth-order valence-corrected chi connectivity index (χ4v) is 2.18. The van der Waals surface area contributed by atoms with Crippen LogP contribution in [0, 0.1) is 13.8 Å². The molecule has 0 fully saturated rings. The van der Waals surface area contributed by atoms with E-state index in [0.29, 0.717) is 5.88 Å². The van der Waals surface area contributed by atoms with Gasteiger partial charge in [0.1, 0.15) is 0 Å². The van der Waals surface area contributed by atoms with E-state index in [1.54, 1.807) is 0 Å². The summed E-state index contributed by atoms with van der Waals surface area (Å²) in [7, 11) is -1.60.